The smallest absolute Gasteiger partial charge is 0.394 e. The van der Waals surface area contributed by atoms with Gasteiger partial charge in [0.25, 0.3) is 0 Å². The summed E-state index contributed by atoms with van der Waals surface area (Å²) in [5.41, 5.74) is 0. The first-order chi connectivity index (χ1) is 4.74. The van der Waals surface area contributed by atoms with E-state index in [1.54, 1.807) is 0 Å². The van der Waals surface area contributed by atoms with Crippen molar-refractivity contribution >= 4 is 51.0 Å². The molecule has 0 fully saturated rings. The van der Waals surface area contributed by atoms with Crippen LogP contribution < -0.4 is 0 Å². The first kappa shape index (κ1) is 10.9. The monoisotopic (exact) mass is 220 g/mol. The van der Waals surface area contributed by atoms with Crippen molar-refractivity contribution in [2.45, 2.75) is 0 Å². The molecule has 0 aliphatic heterocycles. The number of hydrogen-bond donors (Lipinski definition) is 0. The highest BCUT2D eigenvalue weighted by Crippen LogP contribution is 2.05. The summed E-state index contributed by atoms with van der Waals surface area (Å²) in [5, 5.41) is 0. The summed E-state index contributed by atoms with van der Waals surface area (Å²) >= 11 is 0. The molecule has 0 aromatic carbocycles. The van der Waals surface area contributed by atoms with E-state index in [9.17, 15) is 0 Å². The zero-order valence-corrected chi connectivity index (χ0v) is 9.54. The predicted molar refractivity (Wildman–Crippen MR) is 34.2 cm³/mol. The quantitative estimate of drug-likeness (QED) is 0.298. The van der Waals surface area contributed by atoms with E-state index in [0.717, 1.165) is 0 Å². The highest BCUT2D eigenvalue weighted by molar-refractivity contribution is 6.63. The first-order valence-electron chi connectivity index (χ1n) is 1.80. The Bertz CT molecular complexity index is 71.8. The van der Waals surface area contributed by atoms with Gasteiger partial charge in [-0.25, -0.2) is 4.58 Å². The minimum atomic E-state index is -3.25. The van der Waals surface area contributed by atoms with E-state index >= 15 is 0 Å². The molecular formula is O5Si5. The summed E-state index contributed by atoms with van der Waals surface area (Å²) < 4.78 is 22.0. The van der Waals surface area contributed by atoms with Crippen LogP contribution in [0.5, 0.6) is 0 Å². The van der Waals surface area contributed by atoms with Gasteiger partial charge < -0.3 is 12.3 Å². The van der Waals surface area contributed by atoms with Crippen LogP contribution in [0.25, 0.3) is 0 Å². The van der Waals surface area contributed by atoms with Gasteiger partial charge in [-0.3, -0.25) is 4.58 Å². The van der Waals surface area contributed by atoms with E-state index < -0.39 is 9.05 Å². The molecule has 0 aliphatic rings. The topological polar surface area (TPSA) is 46.2 Å². The maximum atomic E-state index is 4.50. The van der Waals surface area contributed by atoms with E-state index in [2.05, 4.69) is 63.4 Å². The molecule has 10 heavy (non-hydrogen) atoms. The van der Waals surface area contributed by atoms with Crippen molar-refractivity contribution in [1.29, 1.82) is 0 Å². The molecule has 0 spiro atoms. The SMILES string of the molecule is [Si]OO[Si](O[Si])(O[Si])O[Si]. The molecule has 0 amide bonds. The Labute approximate surface area is 72.9 Å². The van der Waals surface area contributed by atoms with Gasteiger partial charge in [0.15, 0.2) is 0 Å². The number of rotatable bonds is 5. The molecule has 50 valence electrons. The van der Waals surface area contributed by atoms with Crippen LogP contribution in [0, 0.1) is 0 Å². The highest BCUT2D eigenvalue weighted by Gasteiger charge is 2.42. The normalized spacial score (nSPS) is 12.0. The molecule has 0 aliphatic carbocycles. The van der Waals surface area contributed by atoms with Gasteiger partial charge in [-0.05, 0) is 0 Å². The predicted octanol–water partition coefficient (Wildman–Crippen LogP) is -2.25. The minimum Gasteiger partial charge on any atom is -0.394 e. The third kappa shape index (κ3) is 2.86. The van der Waals surface area contributed by atoms with E-state index in [4.69, 9.17) is 0 Å². The van der Waals surface area contributed by atoms with Crippen molar-refractivity contribution in [1.82, 2.24) is 0 Å². The first-order valence-corrected chi connectivity index (χ1v) is 5.07. The average molecular weight is 220 g/mol. The van der Waals surface area contributed by atoms with Gasteiger partial charge in [-0.2, -0.15) is 0 Å². The van der Waals surface area contributed by atoms with E-state index in [1.165, 1.54) is 0 Å². The van der Waals surface area contributed by atoms with Crippen LogP contribution in [0.3, 0.4) is 0 Å². The third-order valence-electron chi connectivity index (χ3n) is 0.519. The maximum Gasteiger partial charge on any atom is 0.674 e. The Balaban J connectivity index is 3.87. The van der Waals surface area contributed by atoms with E-state index in [-0.39, 0.29) is 0 Å². The Hall–Kier alpha value is 0.884. The van der Waals surface area contributed by atoms with Crippen LogP contribution >= 0.6 is 0 Å². The van der Waals surface area contributed by atoms with Crippen LogP contribution in [0.2, 0.25) is 0 Å². The molecule has 12 radical (unpaired) electrons. The molecule has 0 aromatic heterocycles. The van der Waals surface area contributed by atoms with Crippen molar-refractivity contribution in [3.63, 3.8) is 0 Å². The second-order valence-electron chi connectivity index (χ2n) is 0.973. The molecular weight excluding hydrogens is 220 g/mol. The van der Waals surface area contributed by atoms with Crippen LogP contribution in [-0.2, 0) is 21.5 Å². The lowest BCUT2D eigenvalue weighted by atomic mass is 14.9. The van der Waals surface area contributed by atoms with Crippen LogP contribution in [-0.4, -0.2) is 51.0 Å². The fourth-order valence-corrected chi connectivity index (χ4v) is 2.61. The largest absolute Gasteiger partial charge is 0.674 e. The molecule has 0 atom stereocenters. The lowest BCUT2D eigenvalue weighted by molar-refractivity contribution is -0.161. The van der Waals surface area contributed by atoms with Gasteiger partial charge in [-0.15, -0.1) is 0 Å². The van der Waals surface area contributed by atoms with E-state index in [0.29, 0.717) is 0 Å². The van der Waals surface area contributed by atoms with Crippen LogP contribution in [0.4, 0.5) is 0 Å². The molecule has 0 heterocycles. The lowest BCUT2D eigenvalue weighted by Gasteiger charge is -2.21. The molecule has 5 nitrogen and oxygen atoms in total. The summed E-state index contributed by atoms with van der Waals surface area (Å²) in [7, 11) is 7.31. The molecule has 0 saturated carbocycles. The van der Waals surface area contributed by atoms with Gasteiger partial charge in [-0.1, -0.05) is 0 Å². The van der Waals surface area contributed by atoms with Crippen LogP contribution in [0.15, 0.2) is 0 Å². The van der Waals surface area contributed by atoms with Gasteiger partial charge >= 0.3 is 19.5 Å². The van der Waals surface area contributed by atoms with Crippen molar-refractivity contribution in [2.24, 2.45) is 0 Å². The summed E-state index contributed by atoms with van der Waals surface area (Å²) in [6.07, 6.45) is 0. The minimum absolute atomic E-state index is 2.56. The van der Waals surface area contributed by atoms with Crippen molar-refractivity contribution < 1.29 is 21.5 Å². The second kappa shape index (κ2) is 5.52. The highest BCUT2D eigenvalue weighted by atomic mass is 28.5. The summed E-state index contributed by atoms with van der Waals surface area (Å²) in [4.78, 5) is 0. The maximum absolute atomic E-state index is 4.50. The molecule has 0 unspecified atom stereocenters. The Morgan fingerprint density at radius 2 is 1.20 bits per heavy atom. The Morgan fingerprint density at radius 1 is 0.800 bits per heavy atom. The molecule has 0 rings (SSSR count). The molecule has 0 saturated heterocycles. The average Bonchev–Trinajstić information content (AvgIpc) is 2.01. The van der Waals surface area contributed by atoms with E-state index in [1.807, 2.05) is 0 Å². The second-order valence-corrected chi connectivity index (χ2v) is 4.76. The summed E-state index contributed by atoms with van der Waals surface area (Å²) in [6, 6.07) is 0. The molecule has 0 bridgehead atoms. The van der Waals surface area contributed by atoms with Crippen LogP contribution in [0.1, 0.15) is 0 Å². The van der Waals surface area contributed by atoms with Gasteiger partial charge in [0.1, 0.15) is 0 Å². The molecule has 0 aromatic rings. The molecule has 0 N–H and O–H groups in total. The zero-order valence-electron chi connectivity index (χ0n) is 4.54. The Kier molecular flexibility index (Phi) is 6.01. The fourth-order valence-electron chi connectivity index (χ4n) is 0.165. The van der Waals surface area contributed by atoms with Crippen molar-refractivity contribution in [2.75, 3.05) is 0 Å². The summed E-state index contributed by atoms with van der Waals surface area (Å²) in [5.74, 6) is 0. The Morgan fingerprint density at radius 3 is 1.30 bits per heavy atom. The number of hydrogen-bond acceptors (Lipinski definition) is 5. The zero-order chi connectivity index (χ0) is 8.04. The van der Waals surface area contributed by atoms with Gasteiger partial charge in [0.2, 0.25) is 31.5 Å². The standard InChI is InChI=1S/O5Si5/c6-1-2-10(3-7,4-8)5-9. The van der Waals surface area contributed by atoms with Crippen molar-refractivity contribution in [3.05, 3.63) is 0 Å². The van der Waals surface area contributed by atoms with Crippen molar-refractivity contribution in [3.8, 4) is 0 Å². The lowest BCUT2D eigenvalue weighted by Crippen LogP contribution is -2.47. The fraction of sp³-hybridized carbons (Fsp3) is 0. The summed E-state index contributed by atoms with van der Waals surface area (Å²) in [6.45, 7) is 0. The van der Waals surface area contributed by atoms with Gasteiger partial charge in [0, 0.05) is 0 Å². The third-order valence-corrected chi connectivity index (χ3v) is 4.06. The molecule has 10 heteroatoms. The van der Waals surface area contributed by atoms with Gasteiger partial charge in [0.05, 0.1) is 0 Å².